The second kappa shape index (κ2) is 18.7. The summed E-state index contributed by atoms with van der Waals surface area (Å²) in [6.07, 6.45) is 6.77. The smallest absolute Gasteiger partial charge is 0.203 e. The molecule has 0 aromatic rings. The molecular weight excluding hydrogens is 492 g/mol. The SMILES string of the molecule is CCCCCCCCC(O)C(O)CCCCCCC(C(C)=O)(C(C)=O)C(OCC(O)CO)(C(C)=O)C(C)=O. The number of ether oxygens (including phenoxy) is 1. The lowest BCUT2D eigenvalue weighted by molar-refractivity contribution is -0.189. The molecule has 0 saturated carbocycles. The fourth-order valence-electron chi connectivity index (χ4n) is 5.34. The zero-order valence-corrected chi connectivity index (χ0v) is 24.2. The molecule has 0 heterocycles. The summed E-state index contributed by atoms with van der Waals surface area (Å²) >= 11 is 0. The van der Waals surface area contributed by atoms with E-state index in [1.165, 1.54) is 19.3 Å². The molecule has 0 aromatic carbocycles. The zero-order valence-electron chi connectivity index (χ0n) is 24.2. The fraction of sp³-hybridized carbons (Fsp3) is 0.862. The Morgan fingerprint density at radius 1 is 0.658 bits per heavy atom. The average molecular weight is 545 g/mol. The predicted octanol–water partition coefficient (Wildman–Crippen LogP) is 3.25. The van der Waals surface area contributed by atoms with E-state index in [9.17, 15) is 34.5 Å². The minimum Gasteiger partial charge on any atom is -0.394 e. The molecule has 9 heteroatoms. The maximum Gasteiger partial charge on any atom is 0.203 e. The molecular formula is C29H52O9. The Labute approximate surface area is 228 Å². The summed E-state index contributed by atoms with van der Waals surface area (Å²) in [5.41, 5.74) is -4.47. The number of carbonyl (C=O) groups is 4. The van der Waals surface area contributed by atoms with Gasteiger partial charge in [-0.15, -0.1) is 0 Å². The predicted molar refractivity (Wildman–Crippen MR) is 145 cm³/mol. The number of unbranched alkanes of at least 4 members (excludes halogenated alkanes) is 8. The molecule has 0 radical (unpaired) electrons. The van der Waals surface area contributed by atoms with Gasteiger partial charge >= 0.3 is 0 Å². The van der Waals surface area contributed by atoms with Crippen LogP contribution in [0.2, 0.25) is 0 Å². The maximum absolute atomic E-state index is 12.9. The van der Waals surface area contributed by atoms with Crippen LogP contribution in [0.3, 0.4) is 0 Å². The molecule has 0 rings (SSSR count). The van der Waals surface area contributed by atoms with Crippen molar-refractivity contribution < 1.29 is 44.3 Å². The highest BCUT2D eigenvalue weighted by molar-refractivity contribution is 6.21. The van der Waals surface area contributed by atoms with E-state index in [1.807, 2.05) is 0 Å². The first-order valence-corrected chi connectivity index (χ1v) is 14.2. The zero-order chi connectivity index (χ0) is 29.4. The van der Waals surface area contributed by atoms with Gasteiger partial charge in [-0.05, 0) is 47.0 Å². The Hall–Kier alpha value is -1.52. The summed E-state index contributed by atoms with van der Waals surface area (Å²) in [4.78, 5) is 51.6. The Morgan fingerprint density at radius 3 is 1.47 bits per heavy atom. The van der Waals surface area contributed by atoms with Gasteiger partial charge in [0.2, 0.25) is 5.60 Å². The Kier molecular flexibility index (Phi) is 18.0. The van der Waals surface area contributed by atoms with Crippen molar-refractivity contribution in [2.45, 2.75) is 142 Å². The lowest BCUT2D eigenvalue weighted by Crippen LogP contribution is -2.66. The largest absolute Gasteiger partial charge is 0.394 e. The van der Waals surface area contributed by atoms with Crippen molar-refractivity contribution in [3.63, 3.8) is 0 Å². The van der Waals surface area contributed by atoms with Crippen molar-refractivity contribution in [3.8, 4) is 0 Å². The molecule has 0 fully saturated rings. The summed E-state index contributed by atoms with van der Waals surface area (Å²) in [6.45, 7) is 5.33. The van der Waals surface area contributed by atoms with E-state index in [-0.39, 0.29) is 6.42 Å². The topological polar surface area (TPSA) is 158 Å². The molecule has 0 spiro atoms. The first-order valence-electron chi connectivity index (χ1n) is 14.2. The molecule has 0 aliphatic rings. The van der Waals surface area contributed by atoms with E-state index in [4.69, 9.17) is 9.84 Å². The van der Waals surface area contributed by atoms with Crippen LogP contribution in [0.5, 0.6) is 0 Å². The Bertz CT molecular complexity index is 706. The van der Waals surface area contributed by atoms with Crippen LogP contribution in [-0.2, 0) is 23.9 Å². The number of aliphatic hydroxyl groups is 4. The van der Waals surface area contributed by atoms with Gasteiger partial charge in [-0.25, -0.2) is 0 Å². The van der Waals surface area contributed by atoms with Gasteiger partial charge in [0, 0.05) is 0 Å². The molecule has 3 atom stereocenters. The fourth-order valence-corrected chi connectivity index (χ4v) is 5.34. The van der Waals surface area contributed by atoms with Gasteiger partial charge in [-0.1, -0.05) is 71.1 Å². The number of ketones is 4. The number of carbonyl (C=O) groups excluding carboxylic acids is 4. The van der Waals surface area contributed by atoms with Crippen molar-refractivity contribution in [3.05, 3.63) is 0 Å². The van der Waals surface area contributed by atoms with Crippen LogP contribution in [0.1, 0.15) is 118 Å². The van der Waals surface area contributed by atoms with Crippen LogP contribution < -0.4 is 0 Å². The molecule has 0 aromatic heterocycles. The molecule has 4 N–H and O–H groups in total. The summed E-state index contributed by atoms with van der Waals surface area (Å²) < 4.78 is 5.58. The third-order valence-electron chi connectivity index (χ3n) is 7.60. The highest BCUT2D eigenvalue weighted by Gasteiger charge is 2.64. The number of hydrogen-bond acceptors (Lipinski definition) is 9. The first kappa shape index (κ1) is 36.5. The lowest BCUT2D eigenvalue weighted by atomic mass is 9.60. The van der Waals surface area contributed by atoms with Gasteiger partial charge in [0.15, 0.2) is 11.6 Å². The molecule has 9 nitrogen and oxygen atoms in total. The van der Waals surface area contributed by atoms with E-state index < -0.39 is 65.7 Å². The summed E-state index contributed by atoms with van der Waals surface area (Å²) in [6, 6.07) is 0. The van der Waals surface area contributed by atoms with E-state index in [1.54, 1.807) is 0 Å². The Morgan fingerprint density at radius 2 is 1.08 bits per heavy atom. The molecule has 0 amide bonds. The van der Waals surface area contributed by atoms with Crippen LogP contribution >= 0.6 is 0 Å². The molecule has 0 aliphatic heterocycles. The second-order valence-electron chi connectivity index (χ2n) is 10.6. The maximum atomic E-state index is 12.9. The van der Waals surface area contributed by atoms with Gasteiger partial charge in [-0.2, -0.15) is 0 Å². The van der Waals surface area contributed by atoms with Gasteiger partial charge in [0.05, 0.1) is 25.4 Å². The van der Waals surface area contributed by atoms with Crippen molar-refractivity contribution in [2.75, 3.05) is 13.2 Å². The monoisotopic (exact) mass is 544 g/mol. The highest BCUT2D eigenvalue weighted by Crippen LogP contribution is 2.43. The van der Waals surface area contributed by atoms with Crippen LogP contribution in [0.4, 0.5) is 0 Å². The van der Waals surface area contributed by atoms with E-state index in [2.05, 4.69) is 6.92 Å². The minimum atomic E-state index is -2.41. The normalized spacial score (nSPS) is 14.7. The van der Waals surface area contributed by atoms with Crippen LogP contribution in [0.25, 0.3) is 0 Å². The third kappa shape index (κ3) is 10.2. The molecule has 0 bridgehead atoms. The van der Waals surface area contributed by atoms with Gasteiger partial charge in [0.25, 0.3) is 0 Å². The number of rotatable bonds is 24. The van der Waals surface area contributed by atoms with Crippen molar-refractivity contribution in [1.82, 2.24) is 0 Å². The van der Waals surface area contributed by atoms with E-state index in [0.29, 0.717) is 38.5 Å². The molecule has 3 unspecified atom stereocenters. The quantitative estimate of drug-likeness (QED) is 0.106. The van der Waals surface area contributed by atoms with E-state index in [0.717, 1.165) is 47.0 Å². The van der Waals surface area contributed by atoms with Crippen molar-refractivity contribution in [1.29, 1.82) is 0 Å². The highest BCUT2D eigenvalue weighted by atomic mass is 16.5. The summed E-state index contributed by atoms with van der Waals surface area (Å²) in [5, 5.41) is 39.4. The molecule has 222 valence electrons. The van der Waals surface area contributed by atoms with E-state index >= 15 is 0 Å². The summed E-state index contributed by atoms with van der Waals surface area (Å²) in [7, 11) is 0. The lowest BCUT2D eigenvalue weighted by Gasteiger charge is -2.44. The van der Waals surface area contributed by atoms with Crippen LogP contribution in [-0.4, -0.2) is 80.7 Å². The summed E-state index contributed by atoms with van der Waals surface area (Å²) in [5.74, 6) is -2.99. The number of Topliss-reactive ketones (excluding diaryl/α,β-unsaturated/α-hetero) is 4. The average Bonchev–Trinajstić information content (AvgIpc) is 2.85. The molecule has 0 saturated heterocycles. The van der Waals surface area contributed by atoms with Crippen LogP contribution in [0.15, 0.2) is 0 Å². The van der Waals surface area contributed by atoms with Gasteiger partial charge in [-0.3, -0.25) is 19.2 Å². The van der Waals surface area contributed by atoms with Crippen molar-refractivity contribution >= 4 is 23.1 Å². The first-order chi connectivity index (χ1) is 17.8. The van der Waals surface area contributed by atoms with Crippen LogP contribution in [0, 0.1) is 5.41 Å². The van der Waals surface area contributed by atoms with Crippen molar-refractivity contribution in [2.24, 2.45) is 5.41 Å². The number of hydrogen-bond donors (Lipinski definition) is 4. The Balaban J connectivity index is 5.14. The van der Waals surface area contributed by atoms with Gasteiger partial charge in [0.1, 0.15) is 23.1 Å². The minimum absolute atomic E-state index is 0.102. The molecule has 38 heavy (non-hydrogen) atoms. The standard InChI is InChI=1S/C29H52O9/c1-6-7-8-9-10-13-16-26(36)27(37)17-14-11-12-15-18-28(21(2)31,22(3)32)29(23(4)33,24(5)34)38-20-25(35)19-30/h25-27,30,35-37H,6-20H2,1-5H3. The third-order valence-corrected chi connectivity index (χ3v) is 7.60. The molecule has 0 aliphatic carbocycles. The number of aliphatic hydroxyl groups excluding tert-OH is 4. The van der Waals surface area contributed by atoms with Gasteiger partial charge < -0.3 is 25.2 Å². The second-order valence-corrected chi connectivity index (χ2v) is 10.6.